The van der Waals surface area contributed by atoms with E-state index in [4.69, 9.17) is 30.5 Å². The maximum absolute atomic E-state index is 10.5. The molecule has 0 bridgehead atoms. The second-order valence-corrected chi connectivity index (χ2v) is 7.83. The number of hydrogen-bond acceptors (Lipinski definition) is 5. The van der Waals surface area contributed by atoms with Crippen LogP contribution >= 0.6 is 11.6 Å². The zero-order valence-corrected chi connectivity index (χ0v) is 20.8. The molecule has 0 radical (unpaired) electrons. The molecule has 3 rings (SSSR count). The van der Waals surface area contributed by atoms with E-state index in [2.05, 4.69) is 12.1 Å². The van der Waals surface area contributed by atoms with Crippen LogP contribution in [0.15, 0.2) is 36.4 Å². The molecule has 1 atom stereocenters. The van der Waals surface area contributed by atoms with Crippen molar-refractivity contribution >= 4 is 17.3 Å². The fourth-order valence-electron chi connectivity index (χ4n) is 3.81. The number of aliphatic hydroxyl groups is 1. The molecular weight excluding hydrogens is 479 g/mol. The van der Waals surface area contributed by atoms with Crippen molar-refractivity contribution in [2.45, 2.75) is 6.10 Å². The van der Waals surface area contributed by atoms with E-state index in [0.29, 0.717) is 29.5 Å². The van der Waals surface area contributed by atoms with Gasteiger partial charge in [-0.2, -0.15) is 0 Å². The minimum atomic E-state index is -0.559. The highest BCUT2D eigenvalue weighted by atomic mass is 35.5. The van der Waals surface area contributed by atoms with Gasteiger partial charge in [-0.1, -0.05) is 11.6 Å². The van der Waals surface area contributed by atoms with Gasteiger partial charge in [-0.15, -0.1) is 0 Å². The van der Waals surface area contributed by atoms with Crippen LogP contribution in [0.2, 0.25) is 5.02 Å². The molecule has 1 aliphatic heterocycles. The molecule has 0 aromatic heterocycles. The minimum Gasteiger partial charge on any atom is -1.00 e. The minimum absolute atomic E-state index is 0. The maximum atomic E-state index is 10.5. The van der Waals surface area contributed by atoms with Crippen molar-refractivity contribution < 1.29 is 58.7 Å². The van der Waals surface area contributed by atoms with Crippen LogP contribution in [0.25, 0.3) is 0 Å². The van der Waals surface area contributed by atoms with Gasteiger partial charge in [0.05, 0.1) is 21.3 Å². The highest BCUT2D eigenvalue weighted by molar-refractivity contribution is 6.30. The van der Waals surface area contributed by atoms with Crippen molar-refractivity contribution in [3.05, 3.63) is 41.4 Å². The number of methoxy groups -OCH3 is 3. The molecule has 0 aliphatic carbocycles. The van der Waals surface area contributed by atoms with Crippen molar-refractivity contribution in [3.8, 4) is 23.0 Å². The molecule has 7 nitrogen and oxygen atoms in total. The van der Waals surface area contributed by atoms with E-state index in [9.17, 15) is 5.11 Å². The summed E-state index contributed by atoms with van der Waals surface area (Å²) in [5, 5.41) is 11.2. The summed E-state index contributed by atoms with van der Waals surface area (Å²) in [5.74, 6) is 2.12. The van der Waals surface area contributed by atoms with E-state index >= 15 is 0 Å². The molecule has 1 aliphatic rings. The number of quaternary nitrogens is 2. The van der Waals surface area contributed by atoms with Crippen LogP contribution in [0, 0.1) is 0 Å². The van der Waals surface area contributed by atoms with E-state index in [1.54, 1.807) is 33.5 Å². The van der Waals surface area contributed by atoms with Crippen molar-refractivity contribution in [2.24, 2.45) is 0 Å². The lowest BCUT2D eigenvalue weighted by atomic mass is 10.2. The van der Waals surface area contributed by atoms with E-state index in [0.717, 1.165) is 31.2 Å². The van der Waals surface area contributed by atoms with Crippen LogP contribution in [0.3, 0.4) is 0 Å². The van der Waals surface area contributed by atoms with Crippen LogP contribution < -0.4 is 53.6 Å². The van der Waals surface area contributed by atoms with Crippen molar-refractivity contribution in [2.75, 3.05) is 60.7 Å². The Morgan fingerprint density at radius 1 is 0.906 bits per heavy atom. The summed E-state index contributed by atoms with van der Waals surface area (Å²) in [7, 11) is 4.68. The van der Waals surface area contributed by atoms with Gasteiger partial charge in [-0.25, -0.2) is 0 Å². The van der Waals surface area contributed by atoms with Crippen LogP contribution in [0.5, 0.6) is 23.0 Å². The number of hydrogen-bond donors (Lipinski definition) is 3. The van der Waals surface area contributed by atoms with Crippen LogP contribution in [0.4, 0.5) is 5.69 Å². The topological polar surface area (TPSA) is 66.0 Å². The van der Waals surface area contributed by atoms with E-state index in [1.807, 2.05) is 12.1 Å². The molecule has 1 heterocycles. The van der Waals surface area contributed by atoms with Gasteiger partial charge in [0.15, 0.2) is 11.5 Å². The second kappa shape index (κ2) is 13.8. The molecule has 180 valence electrons. The fourth-order valence-corrected chi connectivity index (χ4v) is 3.93. The predicted molar refractivity (Wildman–Crippen MR) is 115 cm³/mol. The zero-order chi connectivity index (χ0) is 21.5. The Hall–Kier alpha value is -1.61. The second-order valence-electron chi connectivity index (χ2n) is 7.39. The quantitative estimate of drug-likeness (QED) is 0.314. The van der Waals surface area contributed by atoms with E-state index in [-0.39, 0.29) is 31.4 Å². The van der Waals surface area contributed by atoms with Gasteiger partial charge in [-0.05, 0) is 12.1 Å². The molecule has 2 aromatic rings. The Balaban J connectivity index is 0.00000256. The number of piperazine rings is 1. The summed E-state index contributed by atoms with van der Waals surface area (Å²) >= 11 is 5.98. The molecule has 1 fully saturated rings. The lowest BCUT2D eigenvalue weighted by Crippen LogP contribution is -3.26. The number of rotatable bonds is 9. The molecule has 1 unspecified atom stereocenters. The molecule has 3 N–H and O–H groups in total. The lowest BCUT2D eigenvalue weighted by molar-refractivity contribution is -0.988. The molecule has 0 saturated carbocycles. The first kappa shape index (κ1) is 28.4. The summed E-state index contributed by atoms with van der Waals surface area (Å²) in [6.45, 7) is 4.90. The van der Waals surface area contributed by atoms with Gasteiger partial charge in [0.25, 0.3) is 0 Å². The first-order valence-electron chi connectivity index (χ1n) is 10.1. The van der Waals surface area contributed by atoms with Gasteiger partial charge >= 0.3 is 0 Å². The maximum Gasteiger partial charge on any atom is 0.203 e. The normalized spacial score (nSPS) is 18.5. The Kier molecular flexibility index (Phi) is 12.3. The number of nitrogens with one attached hydrogen (secondary N) is 2. The Morgan fingerprint density at radius 2 is 1.47 bits per heavy atom. The first-order valence-corrected chi connectivity index (χ1v) is 10.5. The molecule has 1 saturated heterocycles. The predicted octanol–water partition coefficient (Wildman–Crippen LogP) is -5.77. The largest absolute Gasteiger partial charge is 1.00 e. The van der Waals surface area contributed by atoms with Gasteiger partial charge in [0.2, 0.25) is 5.75 Å². The van der Waals surface area contributed by atoms with Crippen molar-refractivity contribution in [1.82, 2.24) is 0 Å². The highest BCUT2D eigenvalue weighted by Crippen LogP contribution is 2.40. The molecule has 32 heavy (non-hydrogen) atoms. The molecule has 0 amide bonds. The third-order valence-electron chi connectivity index (χ3n) is 5.42. The summed E-state index contributed by atoms with van der Waals surface area (Å²) in [4.78, 5) is 2.84. The average molecular weight is 510 g/mol. The van der Waals surface area contributed by atoms with E-state index < -0.39 is 6.10 Å². The average Bonchev–Trinajstić information content (AvgIpc) is 2.78. The summed E-state index contributed by atoms with van der Waals surface area (Å²) in [6.07, 6.45) is -0.559. The molecule has 2 aromatic carbocycles. The molecule has 0 spiro atoms. The van der Waals surface area contributed by atoms with Gasteiger partial charge < -0.3 is 53.8 Å². The number of halogens is 3. The van der Waals surface area contributed by atoms with E-state index in [1.165, 1.54) is 15.5 Å². The van der Waals surface area contributed by atoms with Crippen molar-refractivity contribution in [1.29, 1.82) is 0 Å². The SMILES string of the molecule is COc1cc(OCC(O)C[NH+]2CC[NH+](c3ccc(Cl)cc3)CC2)cc(OC)c1OC.[Cl-].[Cl-]. The van der Waals surface area contributed by atoms with Crippen LogP contribution in [-0.4, -0.2) is 71.9 Å². The standard InChI is InChI=1S/C22H29ClN2O5.2ClH/c1-27-20-12-19(13-21(28-2)22(20)29-3)30-15-18(26)14-24-8-10-25(11-9-24)17-6-4-16(23)5-7-17;;/h4-7,12-13,18,26H,8-11,14-15H2,1-3H3;2*1H. The van der Waals surface area contributed by atoms with Gasteiger partial charge in [0, 0.05) is 29.3 Å². The monoisotopic (exact) mass is 508 g/mol. The van der Waals surface area contributed by atoms with Crippen molar-refractivity contribution in [3.63, 3.8) is 0 Å². The fraction of sp³-hybridized carbons (Fsp3) is 0.455. The zero-order valence-electron chi connectivity index (χ0n) is 18.5. The third kappa shape index (κ3) is 7.47. The Bertz CT molecular complexity index is 793. The Labute approximate surface area is 207 Å². The van der Waals surface area contributed by atoms with Crippen LogP contribution in [0.1, 0.15) is 0 Å². The smallest absolute Gasteiger partial charge is 0.203 e. The Morgan fingerprint density at radius 3 is 1.97 bits per heavy atom. The third-order valence-corrected chi connectivity index (χ3v) is 5.67. The molecule has 10 heteroatoms. The molecular formula is C22H31Cl3N2O5. The first-order chi connectivity index (χ1) is 14.5. The number of benzene rings is 2. The summed E-state index contributed by atoms with van der Waals surface area (Å²) in [6, 6.07) is 11.5. The number of ether oxygens (including phenoxy) is 4. The highest BCUT2D eigenvalue weighted by Gasteiger charge is 2.26. The number of aliphatic hydroxyl groups excluding tert-OH is 1. The van der Waals surface area contributed by atoms with Gasteiger partial charge in [0.1, 0.15) is 56.9 Å². The summed E-state index contributed by atoms with van der Waals surface area (Å²) < 4.78 is 21.8. The van der Waals surface area contributed by atoms with Gasteiger partial charge in [-0.3, -0.25) is 4.90 Å². The van der Waals surface area contributed by atoms with Crippen LogP contribution in [-0.2, 0) is 0 Å². The lowest BCUT2D eigenvalue weighted by Gasteiger charge is -2.30. The summed E-state index contributed by atoms with van der Waals surface area (Å²) in [5.41, 5.74) is 1.27.